The molecule has 2 nitrogen and oxygen atoms in total. The standard InChI is InChI=1S/C14H22N2/c1-16(11-10-15)14-9-5-3-7-12-6-2-4-8-13(12)14/h2,4,6,8,14H,3,5,7,9-11,15H2,1H3. The van der Waals surface area contributed by atoms with Gasteiger partial charge in [-0.25, -0.2) is 0 Å². The molecule has 0 aromatic heterocycles. The molecule has 1 unspecified atom stereocenters. The molecule has 0 fully saturated rings. The van der Waals surface area contributed by atoms with Gasteiger partial charge >= 0.3 is 0 Å². The molecule has 1 aliphatic carbocycles. The van der Waals surface area contributed by atoms with Crippen LogP contribution in [0.2, 0.25) is 0 Å². The number of nitrogens with zero attached hydrogens (tertiary/aromatic N) is 1. The largest absolute Gasteiger partial charge is 0.329 e. The summed E-state index contributed by atoms with van der Waals surface area (Å²) in [4.78, 5) is 2.41. The Morgan fingerprint density at radius 3 is 2.94 bits per heavy atom. The minimum absolute atomic E-state index is 0.572. The molecule has 0 bridgehead atoms. The van der Waals surface area contributed by atoms with E-state index in [2.05, 4.69) is 36.2 Å². The predicted molar refractivity (Wildman–Crippen MR) is 68.4 cm³/mol. The third-order valence-corrected chi connectivity index (χ3v) is 3.60. The lowest BCUT2D eigenvalue weighted by molar-refractivity contribution is 0.238. The van der Waals surface area contributed by atoms with Gasteiger partial charge in [0.2, 0.25) is 0 Å². The molecule has 0 saturated heterocycles. The Morgan fingerprint density at radius 2 is 2.12 bits per heavy atom. The number of benzene rings is 1. The van der Waals surface area contributed by atoms with E-state index in [0.717, 1.165) is 13.1 Å². The van der Waals surface area contributed by atoms with Crippen LogP contribution in [-0.2, 0) is 6.42 Å². The Bertz CT molecular complexity index is 335. The second-order valence-corrected chi connectivity index (χ2v) is 4.73. The number of aryl methyl sites for hydroxylation is 1. The van der Waals surface area contributed by atoms with E-state index in [4.69, 9.17) is 5.73 Å². The summed E-state index contributed by atoms with van der Waals surface area (Å²) in [6, 6.07) is 9.46. The molecular weight excluding hydrogens is 196 g/mol. The second kappa shape index (κ2) is 5.46. The van der Waals surface area contributed by atoms with Crippen LogP contribution >= 0.6 is 0 Å². The average Bonchev–Trinajstić information content (AvgIpc) is 2.51. The van der Waals surface area contributed by atoms with E-state index in [1.54, 1.807) is 0 Å². The number of likely N-dealkylation sites (N-methyl/N-ethyl adjacent to an activating group) is 1. The maximum absolute atomic E-state index is 5.65. The third kappa shape index (κ3) is 2.45. The molecule has 1 aliphatic rings. The van der Waals surface area contributed by atoms with Crippen LogP contribution in [-0.4, -0.2) is 25.0 Å². The predicted octanol–water partition coefficient (Wildman–Crippen LogP) is 2.34. The maximum Gasteiger partial charge on any atom is 0.0348 e. The lowest BCUT2D eigenvalue weighted by atomic mass is 9.98. The fourth-order valence-corrected chi connectivity index (χ4v) is 2.71. The van der Waals surface area contributed by atoms with Crippen molar-refractivity contribution in [2.75, 3.05) is 20.1 Å². The summed E-state index contributed by atoms with van der Waals surface area (Å²) in [5, 5.41) is 0. The molecule has 0 aliphatic heterocycles. The van der Waals surface area contributed by atoms with Gasteiger partial charge in [0.25, 0.3) is 0 Å². The lowest BCUT2D eigenvalue weighted by Gasteiger charge is -2.28. The zero-order valence-corrected chi connectivity index (χ0v) is 10.2. The summed E-state index contributed by atoms with van der Waals surface area (Å²) in [5.74, 6) is 0. The fraction of sp³-hybridized carbons (Fsp3) is 0.571. The van der Waals surface area contributed by atoms with Crippen LogP contribution in [0.4, 0.5) is 0 Å². The number of nitrogens with two attached hydrogens (primary N) is 1. The van der Waals surface area contributed by atoms with Crippen LogP contribution in [0.5, 0.6) is 0 Å². The topological polar surface area (TPSA) is 29.3 Å². The van der Waals surface area contributed by atoms with Gasteiger partial charge in [-0.1, -0.05) is 30.7 Å². The zero-order chi connectivity index (χ0) is 11.4. The van der Waals surface area contributed by atoms with E-state index in [-0.39, 0.29) is 0 Å². The number of hydrogen-bond acceptors (Lipinski definition) is 2. The molecular formula is C14H22N2. The highest BCUT2D eigenvalue weighted by Gasteiger charge is 2.21. The molecule has 0 heterocycles. The molecule has 2 rings (SSSR count). The Kier molecular flexibility index (Phi) is 3.97. The van der Waals surface area contributed by atoms with Gasteiger partial charge in [-0.05, 0) is 37.4 Å². The van der Waals surface area contributed by atoms with Crippen LogP contribution in [0.25, 0.3) is 0 Å². The van der Waals surface area contributed by atoms with Gasteiger partial charge in [0, 0.05) is 19.1 Å². The molecule has 0 spiro atoms. The minimum Gasteiger partial charge on any atom is -0.329 e. The number of rotatable bonds is 3. The van der Waals surface area contributed by atoms with E-state index in [1.807, 2.05) is 0 Å². The Labute approximate surface area is 98.4 Å². The highest BCUT2D eigenvalue weighted by molar-refractivity contribution is 5.31. The average molecular weight is 218 g/mol. The number of hydrogen-bond donors (Lipinski definition) is 1. The first-order valence-corrected chi connectivity index (χ1v) is 6.31. The molecule has 1 aromatic carbocycles. The Hall–Kier alpha value is -0.860. The van der Waals surface area contributed by atoms with Crippen molar-refractivity contribution in [1.82, 2.24) is 4.90 Å². The van der Waals surface area contributed by atoms with Crippen molar-refractivity contribution in [3.05, 3.63) is 35.4 Å². The minimum atomic E-state index is 0.572. The molecule has 1 atom stereocenters. The highest BCUT2D eigenvalue weighted by Crippen LogP contribution is 2.31. The molecule has 0 radical (unpaired) electrons. The van der Waals surface area contributed by atoms with Crippen LogP contribution in [0, 0.1) is 0 Å². The molecule has 16 heavy (non-hydrogen) atoms. The van der Waals surface area contributed by atoms with Gasteiger partial charge in [0.15, 0.2) is 0 Å². The molecule has 88 valence electrons. The second-order valence-electron chi connectivity index (χ2n) is 4.73. The molecule has 2 N–H and O–H groups in total. The SMILES string of the molecule is CN(CCN)C1CCCCc2ccccc21. The van der Waals surface area contributed by atoms with Crippen molar-refractivity contribution in [2.45, 2.75) is 31.7 Å². The van der Waals surface area contributed by atoms with Crippen molar-refractivity contribution < 1.29 is 0 Å². The quantitative estimate of drug-likeness (QED) is 0.789. The van der Waals surface area contributed by atoms with Crippen LogP contribution < -0.4 is 5.73 Å². The normalized spacial score (nSPS) is 20.6. The summed E-state index contributed by atoms with van der Waals surface area (Å²) in [6.07, 6.45) is 5.16. The van der Waals surface area contributed by atoms with Gasteiger partial charge in [-0.2, -0.15) is 0 Å². The highest BCUT2D eigenvalue weighted by atomic mass is 15.1. The third-order valence-electron chi connectivity index (χ3n) is 3.60. The van der Waals surface area contributed by atoms with E-state index in [0.29, 0.717) is 6.04 Å². The van der Waals surface area contributed by atoms with Crippen LogP contribution in [0.3, 0.4) is 0 Å². The maximum atomic E-state index is 5.65. The smallest absolute Gasteiger partial charge is 0.0348 e. The van der Waals surface area contributed by atoms with Gasteiger partial charge in [-0.3, -0.25) is 4.90 Å². The molecule has 0 amide bonds. The summed E-state index contributed by atoms with van der Waals surface area (Å²) >= 11 is 0. The molecule has 2 heteroatoms. The van der Waals surface area contributed by atoms with Crippen molar-refractivity contribution in [3.8, 4) is 0 Å². The van der Waals surface area contributed by atoms with Gasteiger partial charge in [0.1, 0.15) is 0 Å². The van der Waals surface area contributed by atoms with E-state index in [1.165, 1.54) is 36.8 Å². The van der Waals surface area contributed by atoms with Crippen molar-refractivity contribution in [2.24, 2.45) is 5.73 Å². The number of fused-ring (bicyclic) bond motifs is 1. The van der Waals surface area contributed by atoms with Gasteiger partial charge in [-0.15, -0.1) is 0 Å². The van der Waals surface area contributed by atoms with Gasteiger partial charge < -0.3 is 5.73 Å². The summed E-state index contributed by atoms with van der Waals surface area (Å²) in [6.45, 7) is 1.73. The Morgan fingerprint density at radius 1 is 1.31 bits per heavy atom. The van der Waals surface area contributed by atoms with Crippen LogP contribution in [0.1, 0.15) is 36.4 Å². The van der Waals surface area contributed by atoms with E-state index in [9.17, 15) is 0 Å². The summed E-state index contributed by atoms with van der Waals surface area (Å²) < 4.78 is 0. The molecule has 1 aromatic rings. The fourth-order valence-electron chi connectivity index (χ4n) is 2.71. The first-order chi connectivity index (χ1) is 7.83. The first-order valence-electron chi connectivity index (χ1n) is 6.31. The van der Waals surface area contributed by atoms with E-state index < -0.39 is 0 Å². The Balaban J connectivity index is 2.25. The van der Waals surface area contributed by atoms with Crippen molar-refractivity contribution in [3.63, 3.8) is 0 Å². The molecule has 0 saturated carbocycles. The van der Waals surface area contributed by atoms with E-state index >= 15 is 0 Å². The van der Waals surface area contributed by atoms with Crippen LogP contribution in [0.15, 0.2) is 24.3 Å². The summed E-state index contributed by atoms with van der Waals surface area (Å²) in [7, 11) is 2.19. The van der Waals surface area contributed by atoms with Crippen molar-refractivity contribution in [1.29, 1.82) is 0 Å². The van der Waals surface area contributed by atoms with Crippen molar-refractivity contribution >= 4 is 0 Å². The first kappa shape index (κ1) is 11.6. The lowest BCUT2D eigenvalue weighted by Crippen LogP contribution is -2.30. The zero-order valence-electron chi connectivity index (χ0n) is 10.2. The van der Waals surface area contributed by atoms with Gasteiger partial charge in [0.05, 0.1) is 0 Å². The monoisotopic (exact) mass is 218 g/mol. The summed E-state index contributed by atoms with van der Waals surface area (Å²) in [5.41, 5.74) is 8.71.